The molecule has 0 aromatic heterocycles. The van der Waals surface area contributed by atoms with Crippen LogP contribution in [-0.4, -0.2) is 66.6 Å². The quantitative estimate of drug-likeness (QED) is 0.318. The summed E-state index contributed by atoms with van der Waals surface area (Å²) in [6.07, 6.45) is 3.64. The highest BCUT2D eigenvalue weighted by Gasteiger charge is 2.35. The normalized spacial score (nSPS) is 24.9. The van der Waals surface area contributed by atoms with Crippen LogP contribution in [0.25, 0.3) is 0 Å². The molecule has 7 nitrogen and oxygen atoms in total. The Bertz CT molecular complexity index is 423. The molecule has 1 heterocycles. The van der Waals surface area contributed by atoms with Crippen molar-refractivity contribution in [1.82, 2.24) is 9.21 Å². The van der Waals surface area contributed by atoms with E-state index in [1.807, 2.05) is 4.90 Å². The van der Waals surface area contributed by atoms with Crippen LogP contribution in [-0.2, 0) is 10.0 Å². The first-order chi connectivity index (χ1) is 9.04. The van der Waals surface area contributed by atoms with E-state index in [0.29, 0.717) is 32.7 Å². The van der Waals surface area contributed by atoms with Gasteiger partial charge in [0.15, 0.2) is 5.84 Å². The summed E-state index contributed by atoms with van der Waals surface area (Å²) in [4.78, 5) is 2.00. The molecule has 2 fully saturated rings. The van der Waals surface area contributed by atoms with Gasteiger partial charge < -0.3 is 10.9 Å². The highest BCUT2D eigenvalue weighted by atomic mass is 32.2. The van der Waals surface area contributed by atoms with E-state index in [4.69, 9.17) is 10.9 Å². The molecule has 1 saturated heterocycles. The maximum Gasteiger partial charge on any atom is 0.217 e. The molecule has 110 valence electrons. The average Bonchev–Trinajstić information content (AvgIpc) is 2.94. The van der Waals surface area contributed by atoms with Crippen LogP contribution in [0.4, 0.5) is 0 Å². The van der Waals surface area contributed by atoms with Gasteiger partial charge in [-0.1, -0.05) is 18.0 Å². The Kier molecular flexibility index (Phi) is 4.64. The number of hydrogen-bond acceptors (Lipinski definition) is 5. The molecule has 1 aliphatic heterocycles. The summed E-state index contributed by atoms with van der Waals surface area (Å²) in [5, 5.41) is 11.3. The van der Waals surface area contributed by atoms with Gasteiger partial charge in [-0.3, -0.25) is 4.90 Å². The van der Waals surface area contributed by atoms with Crippen LogP contribution in [0.3, 0.4) is 0 Å². The molecule has 1 saturated carbocycles. The van der Waals surface area contributed by atoms with E-state index in [1.54, 1.807) is 4.31 Å². The number of amidine groups is 1. The van der Waals surface area contributed by atoms with Crippen LogP contribution in [0.1, 0.15) is 25.7 Å². The van der Waals surface area contributed by atoms with Gasteiger partial charge in [-0.05, 0) is 12.8 Å². The first-order valence-electron chi connectivity index (χ1n) is 6.72. The molecule has 0 aromatic rings. The van der Waals surface area contributed by atoms with Crippen molar-refractivity contribution >= 4 is 15.9 Å². The fraction of sp³-hybridized carbons (Fsp3) is 0.909. The van der Waals surface area contributed by atoms with E-state index < -0.39 is 10.0 Å². The molecule has 2 aliphatic rings. The Morgan fingerprint density at radius 3 is 2.32 bits per heavy atom. The van der Waals surface area contributed by atoms with E-state index >= 15 is 0 Å². The predicted octanol–water partition coefficient (Wildman–Crippen LogP) is -0.377. The Hall–Kier alpha value is -0.860. The Morgan fingerprint density at radius 2 is 1.79 bits per heavy atom. The molecule has 0 aromatic carbocycles. The highest BCUT2D eigenvalue weighted by Crippen LogP contribution is 2.27. The van der Waals surface area contributed by atoms with Crippen molar-refractivity contribution < 1.29 is 13.6 Å². The molecule has 1 aliphatic carbocycles. The molecule has 0 atom stereocenters. The minimum Gasteiger partial charge on any atom is -0.409 e. The summed E-state index contributed by atoms with van der Waals surface area (Å²) in [5.74, 6) is 0.159. The number of sulfonamides is 1. The molecule has 0 unspecified atom stereocenters. The lowest BCUT2D eigenvalue weighted by Gasteiger charge is -2.34. The lowest BCUT2D eigenvalue weighted by molar-refractivity contribution is 0.205. The van der Waals surface area contributed by atoms with Gasteiger partial charge in [-0.15, -0.1) is 0 Å². The summed E-state index contributed by atoms with van der Waals surface area (Å²) >= 11 is 0. The third-order valence-electron chi connectivity index (χ3n) is 3.93. The first kappa shape index (κ1) is 14.5. The minimum atomic E-state index is -3.12. The smallest absolute Gasteiger partial charge is 0.217 e. The second kappa shape index (κ2) is 6.06. The van der Waals surface area contributed by atoms with Crippen LogP contribution in [0, 0.1) is 0 Å². The molecule has 19 heavy (non-hydrogen) atoms. The molecule has 2 rings (SSSR count). The van der Waals surface area contributed by atoms with Crippen molar-refractivity contribution in [2.45, 2.75) is 30.9 Å². The molecular weight excluding hydrogens is 268 g/mol. The topological polar surface area (TPSA) is 99.2 Å². The Morgan fingerprint density at radius 1 is 1.21 bits per heavy atom. The summed E-state index contributed by atoms with van der Waals surface area (Å²) in [7, 11) is -3.12. The fourth-order valence-electron chi connectivity index (χ4n) is 2.80. The largest absolute Gasteiger partial charge is 0.409 e. The summed E-state index contributed by atoms with van der Waals surface area (Å²) in [5.41, 5.74) is 5.45. The SMILES string of the molecule is NC(CN1CCN(S(=O)(=O)C2CCCC2)CC1)=NO. The molecule has 0 bridgehead atoms. The number of oxime groups is 1. The third kappa shape index (κ3) is 3.37. The van der Waals surface area contributed by atoms with Gasteiger partial charge in [-0.2, -0.15) is 4.31 Å². The molecule has 0 radical (unpaired) electrons. The molecular formula is C11H22N4O3S. The molecule has 8 heteroatoms. The van der Waals surface area contributed by atoms with Gasteiger partial charge >= 0.3 is 0 Å². The van der Waals surface area contributed by atoms with Gasteiger partial charge in [0.25, 0.3) is 0 Å². The number of hydrogen-bond donors (Lipinski definition) is 2. The van der Waals surface area contributed by atoms with Crippen molar-refractivity contribution in [2.24, 2.45) is 10.9 Å². The van der Waals surface area contributed by atoms with E-state index in [-0.39, 0.29) is 11.1 Å². The average molecular weight is 290 g/mol. The summed E-state index contributed by atoms with van der Waals surface area (Å²) in [6.45, 7) is 2.63. The van der Waals surface area contributed by atoms with Crippen molar-refractivity contribution in [3.63, 3.8) is 0 Å². The van der Waals surface area contributed by atoms with Gasteiger partial charge in [0.2, 0.25) is 10.0 Å². The monoisotopic (exact) mass is 290 g/mol. The van der Waals surface area contributed by atoms with Crippen molar-refractivity contribution in [2.75, 3.05) is 32.7 Å². The highest BCUT2D eigenvalue weighted by molar-refractivity contribution is 7.89. The van der Waals surface area contributed by atoms with Crippen LogP contribution >= 0.6 is 0 Å². The second-order valence-electron chi connectivity index (χ2n) is 5.22. The van der Waals surface area contributed by atoms with Crippen molar-refractivity contribution in [3.8, 4) is 0 Å². The maximum absolute atomic E-state index is 12.4. The zero-order valence-electron chi connectivity index (χ0n) is 11.0. The zero-order chi connectivity index (χ0) is 13.9. The zero-order valence-corrected chi connectivity index (χ0v) is 11.8. The Labute approximate surface area is 114 Å². The maximum atomic E-state index is 12.4. The molecule has 0 spiro atoms. The van der Waals surface area contributed by atoms with Crippen LogP contribution in [0.15, 0.2) is 5.16 Å². The number of piperazine rings is 1. The Balaban J connectivity index is 1.89. The number of nitrogens with two attached hydrogens (primary N) is 1. The predicted molar refractivity (Wildman–Crippen MR) is 72.6 cm³/mol. The second-order valence-corrected chi connectivity index (χ2v) is 7.43. The molecule has 0 amide bonds. The van der Waals surface area contributed by atoms with E-state index in [1.165, 1.54) is 0 Å². The van der Waals surface area contributed by atoms with Gasteiger partial charge in [-0.25, -0.2) is 8.42 Å². The van der Waals surface area contributed by atoms with Gasteiger partial charge in [0, 0.05) is 26.2 Å². The van der Waals surface area contributed by atoms with E-state index in [0.717, 1.165) is 25.7 Å². The number of rotatable bonds is 4. The van der Waals surface area contributed by atoms with Crippen LogP contribution in [0.5, 0.6) is 0 Å². The van der Waals surface area contributed by atoms with Crippen molar-refractivity contribution in [1.29, 1.82) is 0 Å². The standard InChI is InChI=1S/C11H22N4O3S/c12-11(13-16)9-14-5-7-15(8-6-14)19(17,18)10-3-1-2-4-10/h10,16H,1-9H2,(H2,12,13). The minimum absolute atomic E-state index is 0.159. The van der Waals surface area contributed by atoms with Gasteiger partial charge in [0.1, 0.15) is 0 Å². The summed E-state index contributed by atoms with van der Waals surface area (Å²) in [6, 6.07) is 0. The van der Waals surface area contributed by atoms with E-state index in [9.17, 15) is 8.42 Å². The van der Waals surface area contributed by atoms with Crippen LogP contribution in [0.2, 0.25) is 0 Å². The van der Waals surface area contributed by atoms with E-state index in [2.05, 4.69) is 5.16 Å². The summed E-state index contributed by atoms with van der Waals surface area (Å²) < 4.78 is 26.4. The van der Waals surface area contributed by atoms with Gasteiger partial charge in [0.05, 0.1) is 11.8 Å². The van der Waals surface area contributed by atoms with Crippen molar-refractivity contribution in [3.05, 3.63) is 0 Å². The fourth-order valence-corrected chi connectivity index (χ4v) is 4.82. The third-order valence-corrected chi connectivity index (χ3v) is 6.33. The lowest BCUT2D eigenvalue weighted by atomic mass is 10.3. The number of nitrogens with zero attached hydrogens (tertiary/aromatic N) is 3. The van der Waals surface area contributed by atoms with Crippen LogP contribution < -0.4 is 5.73 Å². The first-order valence-corrected chi connectivity index (χ1v) is 8.22. The molecule has 3 N–H and O–H groups in total. The lowest BCUT2D eigenvalue weighted by Crippen LogP contribution is -2.52.